The molecule has 2 fully saturated rings. The molecule has 0 bridgehead atoms. The summed E-state index contributed by atoms with van der Waals surface area (Å²) in [5.41, 5.74) is 0.998. The van der Waals surface area contributed by atoms with Crippen LogP contribution < -0.4 is 10.2 Å². The lowest BCUT2D eigenvalue weighted by Crippen LogP contribution is -2.48. The van der Waals surface area contributed by atoms with Gasteiger partial charge in [-0.1, -0.05) is 0 Å². The van der Waals surface area contributed by atoms with Crippen LogP contribution >= 0.6 is 0 Å². The molecule has 2 aliphatic heterocycles. The maximum atomic E-state index is 13.0. The molecular formula is C18H26FN3O3S. The molecular weight excluding hydrogens is 357 g/mol. The first-order valence-corrected chi connectivity index (χ1v) is 10.8. The first-order chi connectivity index (χ1) is 12.3. The van der Waals surface area contributed by atoms with Crippen molar-refractivity contribution in [3.63, 3.8) is 0 Å². The maximum absolute atomic E-state index is 13.0. The van der Waals surface area contributed by atoms with Gasteiger partial charge in [0.2, 0.25) is 5.91 Å². The summed E-state index contributed by atoms with van der Waals surface area (Å²) in [7, 11) is -1.13. The fraction of sp³-hybridized carbons (Fsp3) is 0.611. The van der Waals surface area contributed by atoms with Crippen LogP contribution in [-0.4, -0.2) is 69.5 Å². The molecule has 1 N–H and O–H groups in total. The normalized spacial score (nSPS) is 23.3. The molecule has 3 rings (SSSR count). The van der Waals surface area contributed by atoms with Crippen molar-refractivity contribution in [2.45, 2.75) is 31.3 Å². The predicted octanol–water partition coefficient (Wildman–Crippen LogP) is 1.03. The summed E-state index contributed by atoms with van der Waals surface area (Å²) in [5.74, 6) is 0.0605. The highest BCUT2D eigenvalue weighted by Gasteiger charge is 2.31. The highest BCUT2D eigenvalue weighted by molar-refractivity contribution is 7.91. The van der Waals surface area contributed by atoms with Crippen LogP contribution in [0.3, 0.4) is 0 Å². The number of benzene rings is 1. The quantitative estimate of drug-likeness (QED) is 0.823. The minimum absolute atomic E-state index is 0.0583. The number of amides is 1. The standard InChI is InChI=1S/C18H26FN3O3S/c1-21(17-8-11-26(24,25)13-17)12-18(23)20-15-6-9-22(10-7-15)16-4-2-14(19)3-5-16/h2-5,15,17H,6-13H2,1H3,(H,20,23)/t17-/m0/s1. The van der Waals surface area contributed by atoms with E-state index in [0.717, 1.165) is 31.6 Å². The Morgan fingerprint density at radius 1 is 1.23 bits per heavy atom. The number of anilines is 1. The van der Waals surface area contributed by atoms with Crippen LogP contribution in [0.25, 0.3) is 0 Å². The van der Waals surface area contributed by atoms with Crippen molar-refractivity contribution >= 4 is 21.4 Å². The molecule has 1 aromatic rings. The second kappa shape index (κ2) is 7.92. The zero-order chi connectivity index (χ0) is 18.7. The fourth-order valence-corrected chi connectivity index (χ4v) is 5.49. The van der Waals surface area contributed by atoms with E-state index in [9.17, 15) is 17.6 Å². The minimum atomic E-state index is -2.94. The molecule has 6 nitrogen and oxygen atoms in total. The molecule has 1 amide bonds. The summed E-state index contributed by atoms with van der Waals surface area (Å²) in [6.07, 6.45) is 2.28. The summed E-state index contributed by atoms with van der Waals surface area (Å²) in [4.78, 5) is 16.3. The van der Waals surface area contributed by atoms with Crippen LogP contribution in [0.1, 0.15) is 19.3 Å². The molecule has 0 aliphatic carbocycles. The molecule has 2 heterocycles. The van der Waals surface area contributed by atoms with Gasteiger partial charge in [-0.2, -0.15) is 0 Å². The van der Waals surface area contributed by atoms with Gasteiger partial charge in [0, 0.05) is 30.9 Å². The lowest BCUT2D eigenvalue weighted by molar-refractivity contribution is -0.123. The molecule has 0 saturated carbocycles. The summed E-state index contributed by atoms with van der Waals surface area (Å²) < 4.78 is 36.1. The lowest BCUT2D eigenvalue weighted by atomic mass is 10.0. The van der Waals surface area contributed by atoms with Crippen molar-refractivity contribution < 1.29 is 17.6 Å². The van der Waals surface area contributed by atoms with Crippen LogP contribution in [-0.2, 0) is 14.6 Å². The molecule has 0 radical (unpaired) electrons. The zero-order valence-electron chi connectivity index (χ0n) is 15.0. The van der Waals surface area contributed by atoms with Crippen molar-refractivity contribution in [1.82, 2.24) is 10.2 Å². The van der Waals surface area contributed by atoms with E-state index >= 15 is 0 Å². The highest BCUT2D eigenvalue weighted by Crippen LogP contribution is 2.20. The van der Waals surface area contributed by atoms with Crippen LogP contribution in [0, 0.1) is 5.82 Å². The first-order valence-electron chi connectivity index (χ1n) is 9.03. The lowest BCUT2D eigenvalue weighted by Gasteiger charge is -2.34. The van der Waals surface area contributed by atoms with Crippen molar-refractivity contribution in [3.8, 4) is 0 Å². The molecule has 2 aliphatic rings. The van der Waals surface area contributed by atoms with E-state index in [-0.39, 0.29) is 41.9 Å². The molecule has 1 atom stereocenters. The third-order valence-electron chi connectivity index (χ3n) is 5.28. The number of carbonyl (C=O) groups is 1. The topological polar surface area (TPSA) is 69.7 Å². The monoisotopic (exact) mass is 383 g/mol. The van der Waals surface area contributed by atoms with Gasteiger partial charge in [0.15, 0.2) is 9.84 Å². The van der Waals surface area contributed by atoms with Crippen molar-refractivity contribution in [3.05, 3.63) is 30.1 Å². The summed E-state index contributed by atoms with van der Waals surface area (Å²) in [5, 5.41) is 3.06. The second-order valence-electron chi connectivity index (χ2n) is 7.28. The van der Waals surface area contributed by atoms with E-state index in [1.54, 1.807) is 12.1 Å². The molecule has 144 valence electrons. The van der Waals surface area contributed by atoms with Crippen molar-refractivity contribution in [1.29, 1.82) is 0 Å². The smallest absolute Gasteiger partial charge is 0.234 e. The van der Waals surface area contributed by atoms with E-state index in [1.165, 1.54) is 12.1 Å². The van der Waals surface area contributed by atoms with E-state index in [4.69, 9.17) is 0 Å². The van der Waals surface area contributed by atoms with Gasteiger partial charge in [0.1, 0.15) is 5.82 Å². The number of sulfone groups is 1. The Morgan fingerprint density at radius 3 is 2.46 bits per heavy atom. The van der Waals surface area contributed by atoms with Gasteiger partial charge < -0.3 is 10.2 Å². The van der Waals surface area contributed by atoms with Gasteiger partial charge in [-0.25, -0.2) is 12.8 Å². The molecule has 0 spiro atoms. The van der Waals surface area contributed by atoms with Crippen LogP contribution in [0.15, 0.2) is 24.3 Å². The zero-order valence-corrected chi connectivity index (χ0v) is 15.8. The first kappa shape index (κ1) is 19.1. The number of nitrogens with one attached hydrogen (secondary N) is 1. The number of likely N-dealkylation sites (N-methyl/N-ethyl adjacent to an activating group) is 1. The Kier molecular flexibility index (Phi) is 5.82. The van der Waals surface area contributed by atoms with Gasteiger partial charge in [-0.3, -0.25) is 9.69 Å². The van der Waals surface area contributed by atoms with Crippen molar-refractivity contribution in [2.24, 2.45) is 0 Å². The Balaban J connectivity index is 1.42. The van der Waals surface area contributed by atoms with Crippen LogP contribution in [0.4, 0.5) is 10.1 Å². The number of halogens is 1. The third-order valence-corrected chi connectivity index (χ3v) is 7.03. The minimum Gasteiger partial charge on any atom is -0.371 e. The highest BCUT2D eigenvalue weighted by atomic mass is 32.2. The van der Waals surface area contributed by atoms with Gasteiger partial charge in [0.05, 0.1) is 18.1 Å². The van der Waals surface area contributed by atoms with E-state index in [1.807, 2.05) is 11.9 Å². The van der Waals surface area contributed by atoms with Crippen LogP contribution in [0.2, 0.25) is 0 Å². The Hall–Kier alpha value is -1.67. The van der Waals surface area contributed by atoms with Gasteiger partial charge in [-0.05, 0) is 50.6 Å². The summed E-state index contributed by atoms with van der Waals surface area (Å²) >= 11 is 0. The van der Waals surface area contributed by atoms with Crippen molar-refractivity contribution in [2.75, 3.05) is 43.1 Å². The molecule has 26 heavy (non-hydrogen) atoms. The number of hydrogen-bond donors (Lipinski definition) is 1. The van der Waals surface area contributed by atoms with Gasteiger partial charge in [0.25, 0.3) is 0 Å². The number of hydrogen-bond acceptors (Lipinski definition) is 5. The molecule has 8 heteroatoms. The summed E-state index contributed by atoms with van der Waals surface area (Å²) in [6.45, 7) is 1.85. The molecule has 0 unspecified atom stereocenters. The van der Waals surface area contributed by atoms with Gasteiger partial charge in [-0.15, -0.1) is 0 Å². The van der Waals surface area contributed by atoms with E-state index in [0.29, 0.717) is 6.42 Å². The number of piperidine rings is 1. The van der Waals surface area contributed by atoms with E-state index < -0.39 is 9.84 Å². The average Bonchev–Trinajstić information content (AvgIpc) is 2.96. The largest absolute Gasteiger partial charge is 0.371 e. The molecule has 0 aromatic heterocycles. The van der Waals surface area contributed by atoms with E-state index in [2.05, 4.69) is 10.2 Å². The Bertz CT molecular complexity index is 731. The SMILES string of the molecule is CN(CC(=O)NC1CCN(c2ccc(F)cc2)CC1)[C@H]1CCS(=O)(=O)C1. The maximum Gasteiger partial charge on any atom is 0.234 e. The Labute approximate surface area is 154 Å². The fourth-order valence-electron chi connectivity index (χ4n) is 3.69. The Morgan fingerprint density at radius 2 is 1.88 bits per heavy atom. The second-order valence-corrected chi connectivity index (χ2v) is 9.51. The molecule has 2 saturated heterocycles. The third kappa shape index (κ3) is 4.94. The number of nitrogens with zero attached hydrogens (tertiary/aromatic N) is 2. The molecule has 1 aromatic carbocycles. The predicted molar refractivity (Wildman–Crippen MR) is 99.5 cm³/mol. The van der Waals surface area contributed by atoms with Crippen LogP contribution in [0.5, 0.6) is 0 Å². The number of carbonyl (C=O) groups excluding carboxylic acids is 1. The average molecular weight is 383 g/mol. The number of rotatable bonds is 5. The summed E-state index contributed by atoms with van der Waals surface area (Å²) in [6, 6.07) is 6.54. The van der Waals surface area contributed by atoms with Gasteiger partial charge >= 0.3 is 0 Å².